The van der Waals surface area contributed by atoms with Gasteiger partial charge in [0.25, 0.3) is 0 Å². The molecule has 114 valence electrons. The highest BCUT2D eigenvalue weighted by Crippen LogP contribution is 2.32. The zero-order valence-corrected chi connectivity index (χ0v) is 12.5. The van der Waals surface area contributed by atoms with Crippen LogP contribution >= 0.6 is 0 Å². The summed E-state index contributed by atoms with van der Waals surface area (Å²) in [5, 5.41) is 0. The first-order chi connectivity index (χ1) is 9.89. The number of esters is 2. The molecular formula is C15H18O6. The lowest BCUT2D eigenvalue weighted by molar-refractivity contribution is -0.145. The van der Waals surface area contributed by atoms with Crippen molar-refractivity contribution in [2.75, 3.05) is 20.8 Å². The Hall–Kier alpha value is -2.24. The molecule has 6 nitrogen and oxygen atoms in total. The van der Waals surface area contributed by atoms with Gasteiger partial charge in [0.05, 0.1) is 19.8 Å². The summed E-state index contributed by atoms with van der Waals surface area (Å²) in [7, 11) is 2.98. The third-order valence-electron chi connectivity index (χ3n) is 3.35. The average molecular weight is 294 g/mol. The van der Waals surface area contributed by atoms with Crippen molar-refractivity contribution in [2.45, 2.75) is 20.0 Å². The second kappa shape index (κ2) is 5.63. The van der Waals surface area contributed by atoms with Crippen molar-refractivity contribution in [2.24, 2.45) is 5.41 Å². The van der Waals surface area contributed by atoms with E-state index in [2.05, 4.69) is 0 Å². The molecule has 1 unspecified atom stereocenters. The van der Waals surface area contributed by atoms with Crippen molar-refractivity contribution in [1.82, 2.24) is 0 Å². The van der Waals surface area contributed by atoms with Crippen molar-refractivity contribution in [1.29, 1.82) is 0 Å². The van der Waals surface area contributed by atoms with E-state index in [0.29, 0.717) is 11.5 Å². The highest BCUT2D eigenvalue weighted by molar-refractivity contribution is 5.92. The third-order valence-corrected chi connectivity index (χ3v) is 3.35. The minimum absolute atomic E-state index is 0.232. The van der Waals surface area contributed by atoms with E-state index in [4.69, 9.17) is 18.9 Å². The molecule has 1 aromatic carbocycles. The van der Waals surface area contributed by atoms with Crippen LogP contribution in [0.4, 0.5) is 0 Å². The molecule has 1 aliphatic rings. The van der Waals surface area contributed by atoms with Gasteiger partial charge in [-0.05, 0) is 18.2 Å². The molecule has 2 rings (SSSR count). The van der Waals surface area contributed by atoms with E-state index in [9.17, 15) is 9.59 Å². The number of hydrogen-bond donors (Lipinski definition) is 0. The van der Waals surface area contributed by atoms with E-state index in [1.54, 1.807) is 12.1 Å². The van der Waals surface area contributed by atoms with Gasteiger partial charge in [0.15, 0.2) is 11.5 Å². The summed E-state index contributed by atoms with van der Waals surface area (Å²) in [6, 6.07) is 4.67. The maximum atomic E-state index is 12.2. The maximum Gasteiger partial charge on any atom is 0.348 e. The van der Waals surface area contributed by atoms with Gasteiger partial charge in [0.2, 0.25) is 6.10 Å². The van der Waals surface area contributed by atoms with Crippen molar-refractivity contribution in [3.8, 4) is 11.5 Å². The Balaban J connectivity index is 2.19. The van der Waals surface area contributed by atoms with Crippen LogP contribution in [0.2, 0.25) is 0 Å². The van der Waals surface area contributed by atoms with Gasteiger partial charge in [-0.3, -0.25) is 0 Å². The van der Waals surface area contributed by atoms with Crippen LogP contribution < -0.4 is 9.47 Å². The Morgan fingerprint density at radius 3 is 2.43 bits per heavy atom. The average Bonchev–Trinajstić information content (AvgIpc) is 2.73. The highest BCUT2D eigenvalue weighted by Gasteiger charge is 2.46. The molecule has 1 aliphatic heterocycles. The lowest BCUT2D eigenvalue weighted by Gasteiger charge is -2.21. The minimum Gasteiger partial charge on any atom is -0.493 e. The summed E-state index contributed by atoms with van der Waals surface area (Å²) < 4.78 is 20.5. The van der Waals surface area contributed by atoms with E-state index in [0.717, 1.165) is 0 Å². The summed E-state index contributed by atoms with van der Waals surface area (Å²) in [6.45, 7) is 3.85. The number of carbonyl (C=O) groups is 2. The number of carbonyl (C=O) groups excluding carboxylic acids is 2. The van der Waals surface area contributed by atoms with Crippen LogP contribution in [0.15, 0.2) is 18.2 Å². The zero-order valence-electron chi connectivity index (χ0n) is 12.5. The summed E-state index contributed by atoms with van der Waals surface area (Å²) in [4.78, 5) is 23.8. The first-order valence-electron chi connectivity index (χ1n) is 6.48. The largest absolute Gasteiger partial charge is 0.493 e. The molecule has 0 aromatic heterocycles. The molecule has 0 radical (unpaired) electrons. The summed E-state index contributed by atoms with van der Waals surface area (Å²) >= 11 is 0. The topological polar surface area (TPSA) is 71.1 Å². The molecule has 0 saturated carbocycles. The van der Waals surface area contributed by atoms with E-state index in [1.165, 1.54) is 20.3 Å². The number of ether oxygens (including phenoxy) is 4. The Kier molecular flexibility index (Phi) is 4.06. The zero-order chi connectivity index (χ0) is 15.6. The van der Waals surface area contributed by atoms with Crippen molar-refractivity contribution in [3.05, 3.63) is 23.8 Å². The summed E-state index contributed by atoms with van der Waals surface area (Å²) in [6.07, 6.45) is -0.905. The van der Waals surface area contributed by atoms with Crippen LogP contribution in [0.3, 0.4) is 0 Å². The van der Waals surface area contributed by atoms with E-state index >= 15 is 0 Å². The minimum atomic E-state index is -0.905. The number of cyclic esters (lactones) is 1. The van der Waals surface area contributed by atoms with Gasteiger partial charge in [-0.25, -0.2) is 9.59 Å². The SMILES string of the molecule is COc1ccc(C(=O)OC2C(=O)OCC2(C)C)cc1OC. The fraction of sp³-hybridized carbons (Fsp3) is 0.467. The van der Waals surface area contributed by atoms with Crippen molar-refractivity contribution < 1.29 is 28.5 Å². The molecule has 1 aromatic rings. The number of hydrogen-bond acceptors (Lipinski definition) is 6. The Morgan fingerprint density at radius 1 is 1.24 bits per heavy atom. The van der Waals surface area contributed by atoms with Crippen LogP contribution in [-0.4, -0.2) is 38.9 Å². The molecule has 6 heteroatoms. The fourth-order valence-electron chi connectivity index (χ4n) is 2.07. The van der Waals surface area contributed by atoms with Gasteiger partial charge in [-0.1, -0.05) is 13.8 Å². The Morgan fingerprint density at radius 2 is 1.90 bits per heavy atom. The monoisotopic (exact) mass is 294 g/mol. The van der Waals surface area contributed by atoms with Crippen LogP contribution in [0.25, 0.3) is 0 Å². The molecule has 0 spiro atoms. The van der Waals surface area contributed by atoms with Gasteiger partial charge in [0, 0.05) is 5.41 Å². The standard InChI is InChI=1S/C15H18O6/c1-15(2)8-20-14(17)12(15)21-13(16)9-5-6-10(18-3)11(7-9)19-4/h5-7,12H,8H2,1-4H3. The number of methoxy groups -OCH3 is 2. The second-order valence-corrected chi connectivity index (χ2v) is 5.45. The van der Waals surface area contributed by atoms with E-state index in [-0.39, 0.29) is 12.2 Å². The smallest absolute Gasteiger partial charge is 0.348 e. The normalized spacial score (nSPS) is 19.8. The Labute approximate surface area is 122 Å². The van der Waals surface area contributed by atoms with Gasteiger partial charge in [0.1, 0.15) is 6.61 Å². The molecule has 1 heterocycles. The molecular weight excluding hydrogens is 276 g/mol. The molecule has 0 aliphatic carbocycles. The summed E-state index contributed by atoms with van der Waals surface area (Å²) in [5.74, 6) is -0.198. The van der Waals surface area contributed by atoms with Crippen LogP contribution in [0, 0.1) is 5.41 Å². The molecule has 1 fully saturated rings. The summed E-state index contributed by atoms with van der Waals surface area (Å²) in [5.41, 5.74) is -0.258. The number of benzene rings is 1. The molecule has 1 saturated heterocycles. The molecule has 21 heavy (non-hydrogen) atoms. The molecule has 0 N–H and O–H groups in total. The third kappa shape index (κ3) is 2.94. The first-order valence-corrected chi connectivity index (χ1v) is 6.48. The predicted molar refractivity (Wildman–Crippen MR) is 73.5 cm³/mol. The predicted octanol–water partition coefficient (Wildman–Crippen LogP) is 1.81. The lowest BCUT2D eigenvalue weighted by Crippen LogP contribution is -2.34. The van der Waals surface area contributed by atoms with Crippen molar-refractivity contribution >= 4 is 11.9 Å². The molecule has 0 bridgehead atoms. The van der Waals surface area contributed by atoms with Gasteiger partial charge in [-0.2, -0.15) is 0 Å². The fourth-order valence-corrected chi connectivity index (χ4v) is 2.07. The lowest BCUT2D eigenvalue weighted by atomic mass is 9.90. The second-order valence-electron chi connectivity index (χ2n) is 5.45. The van der Waals surface area contributed by atoms with Crippen LogP contribution in [-0.2, 0) is 14.3 Å². The van der Waals surface area contributed by atoms with E-state index < -0.39 is 23.5 Å². The molecule has 0 amide bonds. The van der Waals surface area contributed by atoms with Crippen molar-refractivity contribution in [3.63, 3.8) is 0 Å². The van der Waals surface area contributed by atoms with E-state index in [1.807, 2.05) is 13.8 Å². The van der Waals surface area contributed by atoms with Crippen LogP contribution in [0.5, 0.6) is 11.5 Å². The number of rotatable bonds is 4. The van der Waals surface area contributed by atoms with Gasteiger partial charge < -0.3 is 18.9 Å². The maximum absolute atomic E-state index is 12.2. The van der Waals surface area contributed by atoms with Gasteiger partial charge >= 0.3 is 11.9 Å². The first kappa shape index (κ1) is 15.2. The highest BCUT2D eigenvalue weighted by atomic mass is 16.6. The van der Waals surface area contributed by atoms with Gasteiger partial charge in [-0.15, -0.1) is 0 Å². The Bertz CT molecular complexity index is 563. The quantitative estimate of drug-likeness (QED) is 0.789. The molecule has 1 atom stereocenters. The van der Waals surface area contributed by atoms with Crippen LogP contribution in [0.1, 0.15) is 24.2 Å².